The first-order chi connectivity index (χ1) is 8.44. The molecular formula is C14H19NO3. The summed E-state index contributed by atoms with van der Waals surface area (Å²) in [6.45, 7) is 4.33. The summed E-state index contributed by atoms with van der Waals surface area (Å²) in [6, 6.07) is 5.90. The van der Waals surface area contributed by atoms with Crippen molar-refractivity contribution >= 4 is 11.7 Å². The van der Waals surface area contributed by atoms with Crippen LogP contribution in [0, 0.1) is 5.41 Å². The van der Waals surface area contributed by atoms with E-state index in [0.29, 0.717) is 6.42 Å². The molecule has 0 aliphatic carbocycles. The number of nitrogens with one attached hydrogen (secondary N) is 1. The highest BCUT2D eigenvalue weighted by Crippen LogP contribution is 2.40. The van der Waals surface area contributed by atoms with Gasteiger partial charge in [-0.3, -0.25) is 4.79 Å². The van der Waals surface area contributed by atoms with Crippen LogP contribution in [0.15, 0.2) is 18.2 Å². The zero-order valence-corrected chi connectivity index (χ0v) is 11.0. The van der Waals surface area contributed by atoms with Crippen molar-refractivity contribution in [3.63, 3.8) is 0 Å². The van der Waals surface area contributed by atoms with Crippen LogP contribution < -0.4 is 10.1 Å². The monoisotopic (exact) mass is 249 g/mol. The summed E-state index contributed by atoms with van der Waals surface area (Å²) in [6.07, 6.45) is 0.621. The van der Waals surface area contributed by atoms with Crippen molar-refractivity contribution in [2.45, 2.75) is 26.2 Å². The van der Waals surface area contributed by atoms with E-state index in [0.717, 1.165) is 23.5 Å². The molecule has 0 aromatic heterocycles. The van der Waals surface area contributed by atoms with Crippen LogP contribution >= 0.6 is 0 Å². The predicted octanol–water partition coefficient (Wildman–Crippen LogP) is 2.71. The summed E-state index contributed by atoms with van der Waals surface area (Å²) in [5, 5.41) is 12.5. The fraction of sp³-hybridized carbons (Fsp3) is 0.500. The van der Waals surface area contributed by atoms with E-state index in [9.17, 15) is 9.90 Å². The first kappa shape index (κ1) is 12.7. The molecule has 4 nitrogen and oxygen atoms in total. The molecule has 0 saturated carbocycles. The number of fused-ring (bicyclic) bond motifs is 1. The van der Waals surface area contributed by atoms with E-state index in [2.05, 4.69) is 5.32 Å². The second-order valence-corrected chi connectivity index (χ2v) is 5.42. The number of methoxy groups -OCH3 is 1. The average molecular weight is 249 g/mol. The van der Waals surface area contributed by atoms with Gasteiger partial charge in [-0.15, -0.1) is 0 Å². The number of benzene rings is 1. The van der Waals surface area contributed by atoms with E-state index in [1.54, 1.807) is 21.0 Å². The smallest absolute Gasteiger partial charge is 0.309 e. The number of hydrogen-bond acceptors (Lipinski definition) is 3. The topological polar surface area (TPSA) is 58.6 Å². The highest BCUT2D eigenvalue weighted by molar-refractivity contribution is 5.74. The van der Waals surface area contributed by atoms with Gasteiger partial charge in [-0.2, -0.15) is 0 Å². The maximum absolute atomic E-state index is 11.2. The highest BCUT2D eigenvalue weighted by Gasteiger charge is 2.34. The van der Waals surface area contributed by atoms with Crippen molar-refractivity contribution < 1.29 is 14.6 Å². The van der Waals surface area contributed by atoms with E-state index >= 15 is 0 Å². The Morgan fingerprint density at radius 3 is 2.89 bits per heavy atom. The molecule has 1 aliphatic rings. The van der Waals surface area contributed by atoms with E-state index in [4.69, 9.17) is 4.74 Å². The molecule has 1 unspecified atom stereocenters. The Bertz CT molecular complexity index is 468. The number of aliphatic carboxylic acids is 1. The summed E-state index contributed by atoms with van der Waals surface area (Å²) in [5.74, 6) is 0.288. The number of rotatable bonds is 4. The zero-order chi connectivity index (χ0) is 13.3. The van der Waals surface area contributed by atoms with Crippen LogP contribution in [0.2, 0.25) is 0 Å². The minimum atomic E-state index is -0.751. The zero-order valence-electron chi connectivity index (χ0n) is 11.0. The normalized spacial score (nSPS) is 18.1. The Morgan fingerprint density at radius 2 is 2.28 bits per heavy atom. The third-order valence-corrected chi connectivity index (χ3v) is 3.57. The van der Waals surface area contributed by atoms with Gasteiger partial charge >= 0.3 is 5.97 Å². The van der Waals surface area contributed by atoms with Crippen LogP contribution in [0.25, 0.3) is 0 Å². The molecule has 1 aliphatic heterocycles. The van der Waals surface area contributed by atoms with Crippen molar-refractivity contribution in [2.24, 2.45) is 5.41 Å². The Morgan fingerprint density at radius 1 is 1.56 bits per heavy atom. The SMILES string of the molecule is COc1ccc2c(c1)C(CC(C)(C)C(=O)O)CN2. The number of ether oxygens (including phenoxy) is 1. The summed E-state index contributed by atoms with van der Waals surface area (Å²) in [5.41, 5.74) is 1.53. The number of anilines is 1. The first-order valence-electron chi connectivity index (χ1n) is 6.09. The van der Waals surface area contributed by atoms with Crippen LogP contribution in [-0.4, -0.2) is 24.7 Å². The van der Waals surface area contributed by atoms with E-state index in [-0.39, 0.29) is 5.92 Å². The van der Waals surface area contributed by atoms with Crippen molar-refractivity contribution in [3.8, 4) is 5.75 Å². The summed E-state index contributed by atoms with van der Waals surface area (Å²) < 4.78 is 5.22. The molecule has 0 saturated heterocycles. The van der Waals surface area contributed by atoms with Gasteiger partial charge in [0.1, 0.15) is 5.75 Å². The van der Waals surface area contributed by atoms with Gasteiger partial charge in [-0.05, 0) is 44.0 Å². The quantitative estimate of drug-likeness (QED) is 0.861. The molecule has 4 heteroatoms. The van der Waals surface area contributed by atoms with Gasteiger partial charge in [0.15, 0.2) is 0 Å². The first-order valence-corrected chi connectivity index (χ1v) is 6.09. The van der Waals surface area contributed by atoms with E-state index < -0.39 is 11.4 Å². The Balaban J connectivity index is 2.23. The molecule has 2 N–H and O–H groups in total. The minimum Gasteiger partial charge on any atom is -0.497 e. The summed E-state index contributed by atoms with van der Waals surface area (Å²) in [4.78, 5) is 11.2. The molecule has 0 radical (unpaired) electrons. The fourth-order valence-electron chi connectivity index (χ4n) is 2.40. The average Bonchev–Trinajstić information content (AvgIpc) is 2.71. The summed E-state index contributed by atoms with van der Waals surface area (Å²) >= 11 is 0. The standard InChI is InChI=1S/C14H19NO3/c1-14(2,13(16)17)7-9-8-15-12-5-4-10(18-3)6-11(9)12/h4-6,9,15H,7-8H2,1-3H3,(H,16,17). The minimum absolute atomic E-state index is 0.223. The van der Waals surface area contributed by atoms with E-state index in [1.807, 2.05) is 18.2 Å². The van der Waals surface area contributed by atoms with Gasteiger partial charge in [0, 0.05) is 18.2 Å². The molecule has 18 heavy (non-hydrogen) atoms. The van der Waals surface area contributed by atoms with Crippen LogP contribution in [0.1, 0.15) is 31.7 Å². The summed E-state index contributed by atoms with van der Waals surface area (Å²) in [7, 11) is 1.64. The molecule has 0 spiro atoms. The van der Waals surface area contributed by atoms with Gasteiger partial charge in [-0.25, -0.2) is 0 Å². The maximum Gasteiger partial charge on any atom is 0.309 e. The molecule has 1 heterocycles. The number of carboxylic acid groups (broad SMARTS) is 1. The maximum atomic E-state index is 11.2. The molecule has 1 aromatic carbocycles. The van der Waals surface area contributed by atoms with Gasteiger partial charge in [0.2, 0.25) is 0 Å². The number of carboxylic acids is 1. The Kier molecular flexibility index (Phi) is 3.20. The van der Waals surface area contributed by atoms with Crippen LogP contribution in [0.4, 0.5) is 5.69 Å². The second-order valence-electron chi connectivity index (χ2n) is 5.42. The fourth-order valence-corrected chi connectivity index (χ4v) is 2.40. The van der Waals surface area contributed by atoms with Crippen molar-refractivity contribution in [2.75, 3.05) is 19.0 Å². The van der Waals surface area contributed by atoms with Gasteiger partial charge in [0.05, 0.1) is 12.5 Å². The molecule has 98 valence electrons. The highest BCUT2D eigenvalue weighted by atomic mass is 16.5. The van der Waals surface area contributed by atoms with Crippen molar-refractivity contribution in [1.82, 2.24) is 0 Å². The van der Waals surface area contributed by atoms with Gasteiger partial charge in [-0.1, -0.05) is 0 Å². The molecule has 0 fully saturated rings. The largest absolute Gasteiger partial charge is 0.497 e. The number of carbonyl (C=O) groups is 1. The van der Waals surface area contributed by atoms with Crippen LogP contribution in [0.3, 0.4) is 0 Å². The lowest BCUT2D eigenvalue weighted by molar-refractivity contribution is -0.147. The molecular weight excluding hydrogens is 230 g/mol. The lowest BCUT2D eigenvalue weighted by Gasteiger charge is -2.23. The van der Waals surface area contributed by atoms with Gasteiger partial charge < -0.3 is 15.2 Å². The van der Waals surface area contributed by atoms with Gasteiger partial charge in [0.25, 0.3) is 0 Å². The predicted molar refractivity (Wildman–Crippen MR) is 70.3 cm³/mol. The number of hydrogen-bond donors (Lipinski definition) is 2. The Labute approximate surface area is 107 Å². The van der Waals surface area contributed by atoms with E-state index in [1.165, 1.54) is 0 Å². The Hall–Kier alpha value is -1.71. The van der Waals surface area contributed by atoms with Crippen molar-refractivity contribution in [1.29, 1.82) is 0 Å². The third-order valence-electron chi connectivity index (χ3n) is 3.57. The molecule has 1 atom stereocenters. The van der Waals surface area contributed by atoms with Crippen LogP contribution in [-0.2, 0) is 4.79 Å². The van der Waals surface area contributed by atoms with Crippen LogP contribution in [0.5, 0.6) is 5.75 Å². The lowest BCUT2D eigenvalue weighted by Crippen LogP contribution is -2.26. The molecule has 1 aromatic rings. The lowest BCUT2D eigenvalue weighted by atomic mass is 9.81. The van der Waals surface area contributed by atoms with Crippen molar-refractivity contribution in [3.05, 3.63) is 23.8 Å². The third kappa shape index (κ3) is 2.28. The molecule has 0 bridgehead atoms. The second kappa shape index (κ2) is 4.52. The molecule has 0 amide bonds. The molecule has 2 rings (SSSR count).